The molecule has 150 valence electrons. The lowest BCUT2D eigenvalue weighted by Gasteiger charge is -2.33. The van der Waals surface area contributed by atoms with Gasteiger partial charge in [-0.05, 0) is 55.3 Å². The molecule has 2 aliphatic heterocycles. The fourth-order valence-corrected chi connectivity index (χ4v) is 4.43. The number of hydrogen-bond acceptors (Lipinski definition) is 6. The summed E-state index contributed by atoms with van der Waals surface area (Å²) in [6.45, 7) is 6.29. The average molecular weight is 389 g/mol. The van der Waals surface area contributed by atoms with E-state index in [1.54, 1.807) is 0 Å². The molecule has 6 heteroatoms. The van der Waals surface area contributed by atoms with Gasteiger partial charge in [0.1, 0.15) is 5.82 Å². The van der Waals surface area contributed by atoms with E-state index < -0.39 is 0 Å². The first-order valence-electron chi connectivity index (χ1n) is 10.5. The van der Waals surface area contributed by atoms with Crippen LogP contribution < -0.4 is 15.5 Å². The summed E-state index contributed by atoms with van der Waals surface area (Å²) in [5.74, 6) is 1.30. The van der Waals surface area contributed by atoms with Crippen molar-refractivity contribution in [3.63, 3.8) is 0 Å². The van der Waals surface area contributed by atoms with E-state index in [0.29, 0.717) is 5.95 Å². The molecule has 6 nitrogen and oxygen atoms in total. The molecule has 2 aromatic carbocycles. The Labute approximate surface area is 172 Å². The van der Waals surface area contributed by atoms with Crippen LogP contribution in [-0.2, 0) is 0 Å². The third-order valence-electron chi connectivity index (χ3n) is 6.15. The molecule has 0 unspecified atom stereocenters. The second kappa shape index (κ2) is 7.52. The standard InChI is InChI=1S/C23H28N6/c1-27-11-13-29(14-12-27)22-20-8-7-18(16-21(20)25-23(24)26-22)17-5-4-6-19(15-17)28-9-2-3-10-28/h4-8,15-16H,2-3,9-14H2,1H3,(H2,24,25,26). The number of likely N-dealkylation sites (N-methyl/N-ethyl adjacent to an activating group) is 1. The lowest BCUT2D eigenvalue weighted by atomic mass is 10.0. The van der Waals surface area contributed by atoms with Crippen LogP contribution in [0, 0.1) is 0 Å². The molecular weight excluding hydrogens is 360 g/mol. The number of anilines is 3. The molecule has 0 radical (unpaired) electrons. The molecule has 29 heavy (non-hydrogen) atoms. The topological polar surface area (TPSA) is 61.5 Å². The largest absolute Gasteiger partial charge is 0.372 e. The van der Waals surface area contributed by atoms with Gasteiger partial charge in [-0.15, -0.1) is 0 Å². The van der Waals surface area contributed by atoms with Crippen molar-refractivity contribution < 1.29 is 0 Å². The number of fused-ring (bicyclic) bond motifs is 1. The first-order chi connectivity index (χ1) is 14.2. The van der Waals surface area contributed by atoms with Gasteiger partial charge in [0.15, 0.2) is 0 Å². The molecule has 1 aromatic heterocycles. The fraction of sp³-hybridized carbons (Fsp3) is 0.391. The Morgan fingerprint density at radius 2 is 1.55 bits per heavy atom. The van der Waals surface area contributed by atoms with E-state index in [9.17, 15) is 0 Å². The number of hydrogen-bond donors (Lipinski definition) is 1. The average Bonchev–Trinajstić information content (AvgIpc) is 3.28. The van der Waals surface area contributed by atoms with Crippen LogP contribution in [0.1, 0.15) is 12.8 Å². The molecule has 0 saturated carbocycles. The summed E-state index contributed by atoms with van der Waals surface area (Å²) in [6.07, 6.45) is 2.57. The summed E-state index contributed by atoms with van der Waals surface area (Å²) in [7, 11) is 2.16. The Bertz CT molecular complexity index is 1020. The van der Waals surface area contributed by atoms with Crippen LogP contribution in [-0.4, -0.2) is 61.2 Å². The van der Waals surface area contributed by atoms with Crippen molar-refractivity contribution in [2.75, 3.05) is 61.8 Å². The van der Waals surface area contributed by atoms with Crippen molar-refractivity contribution in [1.82, 2.24) is 14.9 Å². The number of nitrogen functional groups attached to an aromatic ring is 1. The van der Waals surface area contributed by atoms with Crippen molar-refractivity contribution >= 4 is 28.4 Å². The third kappa shape index (κ3) is 3.60. The lowest BCUT2D eigenvalue weighted by molar-refractivity contribution is 0.312. The molecule has 2 aliphatic rings. The van der Waals surface area contributed by atoms with E-state index in [1.807, 2.05) is 0 Å². The van der Waals surface area contributed by atoms with Crippen molar-refractivity contribution in [3.8, 4) is 11.1 Å². The maximum atomic E-state index is 6.09. The van der Waals surface area contributed by atoms with Crippen LogP contribution in [0.25, 0.3) is 22.0 Å². The summed E-state index contributed by atoms with van der Waals surface area (Å²) in [4.78, 5) is 16.3. The van der Waals surface area contributed by atoms with Crippen molar-refractivity contribution in [3.05, 3.63) is 42.5 Å². The van der Waals surface area contributed by atoms with Gasteiger partial charge < -0.3 is 20.4 Å². The Morgan fingerprint density at radius 1 is 0.793 bits per heavy atom. The van der Waals surface area contributed by atoms with Gasteiger partial charge >= 0.3 is 0 Å². The fourth-order valence-electron chi connectivity index (χ4n) is 4.43. The van der Waals surface area contributed by atoms with Crippen LogP contribution in [0.15, 0.2) is 42.5 Å². The summed E-state index contributed by atoms with van der Waals surface area (Å²) in [5.41, 5.74) is 10.7. The number of nitrogens with zero attached hydrogens (tertiary/aromatic N) is 5. The van der Waals surface area contributed by atoms with Gasteiger partial charge in [-0.3, -0.25) is 0 Å². The summed E-state index contributed by atoms with van der Waals surface area (Å²) >= 11 is 0. The molecular formula is C23H28N6. The predicted molar refractivity (Wildman–Crippen MR) is 121 cm³/mol. The number of nitrogens with two attached hydrogens (primary N) is 1. The first-order valence-corrected chi connectivity index (χ1v) is 10.5. The zero-order valence-electron chi connectivity index (χ0n) is 17.0. The van der Waals surface area contributed by atoms with Crippen molar-refractivity contribution in [1.29, 1.82) is 0 Å². The molecule has 3 heterocycles. The molecule has 0 aliphatic carbocycles. The Kier molecular flexibility index (Phi) is 4.72. The number of rotatable bonds is 3. The van der Waals surface area contributed by atoms with Crippen molar-refractivity contribution in [2.45, 2.75) is 12.8 Å². The molecule has 2 N–H and O–H groups in total. The zero-order valence-corrected chi connectivity index (χ0v) is 17.0. The van der Waals surface area contributed by atoms with E-state index in [2.05, 4.69) is 74.2 Å². The Balaban J connectivity index is 1.52. The molecule has 0 spiro atoms. The predicted octanol–water partition coefficient (Wildman–Crippen LogP) is 3.23. The van der Waals surface area contributed by atoms with Gasteiger partial charge in [0.2, 0.25) is 5.95 Å². The zero-order chi connectivity index (χ0) is 19.8. The van der Waals surface area contributed by atoms with Gasteiger partial charge in [-0.25, -0.2) is 4.98 Å². The number of benzene rings is 2. The van der Waals surface area contributed by atoms with Gasteiger partial charge in [0.25, 0.3) is 0 Å². The van der Waals surface area contributed by atoms with Crippen LogP contribution in [0.4, 0.5) is 17.5 Å². The second-order valence-electron chi connectivity index (χ2n) is 8.17. The van der Waals surface area contributed by atoms with Gasteiger partial charge in [0.05, 0.1) is 5.52 Å². The molecule has 0 atom stereocenters. The minimum atomic E-state index is 0.342. The minimum absolute atomic E-state index is 0.342. The van der Waals surface area contributed by atoms with E-state index in [4.69, 9.17) is 5.73 Å². The van der Waals surface area contributed by atoms with Gasteiger partial charge in [-0.1, -0.05) is 18.2 Å². The lowest BCUT2D eigenvalue weighted by Crippen LogP contribution is -2.45. The van der Waals surface area contributed by atoms with Crippen LogP contribution >= 0.6 is 0 Å². The van der Waals surface area contributed by atoms with Crippen LogP contribution in [0.3, 0.4) is 0 Å². The molecule has 2 fully saturated rings. The molecule has 0 bridgehead atoms. The second-order valence-corrected chi connectivity index (χ2v) is 8.17. The SMILES string of the molecule is CN1CCN(c2nc(N)nc3cc(-c4cccc(N5CCCC5)c4)ccc23)CC1. The highest BCUT2D eigenvalue weighted by Gasteiger charge is 2.19. The van der Waals surface area contributed by atoms with E-state index in [0.717, 1.165) is 56.0 Å². The van der Waals surface area contributed by atoms with E-state index in [1.165, 1.54) is 29.7 Å². The molecule has 5 rings (SSSR count). The highest BCUT2D eigenvalue weighted by Crippen LogP contribution is 2.32. The first kappa shape index (κ1) is 18.2. The molecule has 2 saturated heterocycles. The number of aromatic nitrogens is 2. The monoisotopic (exact) mass is 388 g/mol. The quantitative estimate of drug-likeness (QED) is 0.743. The summed E-state index contributed by atoms with van der Waals surface area (Å²) < 4.78 is 0. The Hall–Kier alpha value is -2.86. The maximum Gasteiger partial charge on any atom is 0.222 e. The summed E-state index contributed by atoms with van der Waals surface area (Å²) in [5, 5.41) is 1.07. The highest BCUT2D eigenvalue weighted by molar-refractivity contribution is 5.93. The van der Waals surface area contributed by atoms with Crippen LogP contribution in [0.5, 0.6) is 0 Å². The maximum absolute atomic E-state index is 6.09. The summed E-state index contributed by atoms with van der Waals surface area (Å²) in [6, 6.07) is 15.3. The van der Waals surface area contributed by atoms with Crippen molar-refractivity contribution in [2.24, 2.45) is 0 Å². The van der Waals surface area contributed by atoms with Gasteiger partial charge in [-0.2, -0.15) is 4.98 Å². The van der Waals surface area contributed by atoms with E-state index in [-0.39, 0.29) is 0 Å². The van der Waals surface area contributed by atoms with E-state index >= 15 is 0 Å². The molecule has 3 aromatic rings. The minimum Gasteiger partial charge on any atom is -0.372 e. The normalized spacial score (nSPS) is 18.0. The van der Waals surface area contributed by atoms with Gasteiger partial charge in [0, 0.05) is 50.3 Å². The molecule has 0 amide bonds. The highest BCUT2D eigenvalue weighted by atomic mass is 15.3. The van der Waals surface area contributed by atoms with Crippen LogP contribution in [0.2, 0.25) is 0 Å². The number of piperazine rings is 1. The third-order valence-corrected chi connectivity index (χ3v) is 6.15. The Morgan fingerprint density at radius 3 is 2.34 bits per heavy atom. The smallest absolute Gasteiger partial charge is 0.222 e.